The summed E-state index contributed by atoms with van der Waals surface area (Å²) in [4.78, 5) is 10.3. The van der Waals surface area contributed by atoms with E-state index in [0.717, 1.165) is 7.11 Å². The highest BCUT2D eigenvalue weighted by Crippen LogP contribution is 2.00. The van der Waals surface area contributed by atoms with Crippen LogP contribution in [0.5, 0.6) is 0 Å². The summed E-state index contributed by atoms with van der Waals surface area (Å²) in [5, 5.41) is 0. The van der Waals surface area contributed by atoms with Gasteiger partial charge >= 0.3 is 5.97 Å². The van der Waals surface area contributed by atoms with Crippen molar-refractivity contribution in [1.29, 1.82) is 0 Å². The first kappa shape index (κ1) is 8.33. The second-order valence-corrected chi connectivity index (χ2v) is 1.53. The van der Waals surface area contributed by atoms with E-state index in [2.05, 4.69) is 4.74 Å². The highest BCUT2D eigenvalue weighted by Gasteiger charge is 2.17. The largest absolute Gasteiger partial charge is 0.469 e. The van der Waals surface area contributed by atoms with Crippen molar-refractivity contribution in [3.63, 3.8) is 0 Å². The summed E-state index contributed by atoms with van der Waals surface area (Å²) in [6.07, 6.45) is 0. The average Bonchev–Trinajstić information content (AvgIpc) is 1.90. The number of ether oxygens (including phenoxy) is 1. The Morgan fingerprint density at radius 1 is 1.56 bits per heavy atom. The fourth-order valence-electron chi connectivity index (χ4n) is 0.334. The molecular weight excluding hydrogens is 130 g/mol. The van der Waals surface area contributed by atoms with Crippen LogP contribution in [0, 0.1) is 5.92 Å². The monoisotopic (exact) mass is 138 g/mol. The van der Waals surface area contributed by atoms with Crippen molar-refractivity contribution in [3.8, 4) is 0 Å². The Morgan fingerprint density at radius 2 is 2.00 bits per heavy atom. The van der Waals surface area contributed by atoms with Crippen LogP contribution in [0.15, 0.2) is 0 Å². The fourth-order valence-corrected chi connectivity index (χ4v) is 0.334. The summed E-state index contributed by atoms with van der Waals surface area (Å²) in [5.74, 6) is -2.06. The Balaban J connectivity index is 3.64. The van der Waals surface area contributed by atoms with E-state index >= 15 is 0 Å². The van der Waals surface area contributed by atoms with Gasteiger partial charge in [0, 0.05) is 0 Å². The minimum atomic E-state index is -1.23. The number of carbonyl (C=O) groups excluding carboxylic acids is 1. The minimum Gasteiger partial charge on any atom is -0.469 e. The molecule has 0 saturated heterocycles. The van der Waals surface area contributed by atoms with Crippen LogP contribution in [0.4, 0.5) is 8.78 Å². The van der Waals surface area contributed by atoms with Gasteiger partial charge in [0.25, 0.3) is 0 Å². The summed E-state index contributed by atoms with van der Waals surface area (Å²) < 4.78 is 27.2. The van der Waals surface area contributed by atoms with Gasteiger partial charge in [0.2, 0.25) is 0 Å². The summed E-state index contributed by atoms with van der Waals surface area (Å²) in [6.45, 7) is -1.99. The number of carbonyl (C=O) groups is 1. The number of alkyl halides is 2. The van der Waals surface area contributed by atoms with Crippen LogP contribution in [0.2, 0.25) is 0 Å². The Kier molecular flexibility index (Phi) is 3.92. The first-order valence-corrected chi connectivity index (χ1v) is 2.46. The first-order valence-electron chi connectivity index (χ1n) is 2.46. The van der Waals surface area contributed by atoms with Crippen LogP contribution in [0.25, 0.3) is 0 Å². The molecule has 0 bridgehead atoms. The lowest BCUT2D eigenvalue weighted by Gasteiger charge is -2.03. The number of methoxy groups -OCH3 is 1. The molecule has 0 spiro atoms. The van der Waals surface area contributed by atoms with Gasteiger partial charge < -0.3 is 4.74 Å². The molecule has 0 saturated carbocycles. The van der Waals surface area contributed by atoms with E-state index in [0.29, 0.717) is 0 Å². The molecular formula is C5H8F2O2. The molecule has 0 aliphatic rings. The molecule has 0 aromatic carbocycles. The van der Waals surface area contributed by atoms with Crippen molar-refractivity contribution in [3.05, 3.63) is 0 Å². The highest BCUT2D eigenvalue weighted by atomic mass is 19.1. The quantitative estimate of drug-likeness (QED) is 0.537. The van der Waals surface area contributed by atoms with Crippen molar-refractivity contribution >= 4 is 5.97 Å². The van der Waals surface area contributed by atoms with Crippen molar-refractivity contribution in [2.24, 2.45) is 5.92 Å². The molecule has 4 heteroatoms. The molecule has 9 heavy (non-hydrogen) atoms. The number of esters is 1. The maximum atomic E-state index is 11.6. The topological polar surface area (TPSA) is 26.3 Å². The summed E-state index contributed by atoms with van der Waals surface area (Å²) >= 11 is 0. The van der Waals surface area contributed by atoms with Crippen molar-refractivity contribution < 1.29 is 18.3 Å². The third-order valence-corrected chi connectivity index (χ3v) is 0.907. The maximum absolute atomic E-state index is 11.6. The van der Waals surface area contributed by atoms with Gasteiger partial charge in [-0.05, 0) is 0 Å². The van der Waals surface area contributed by atoms with E-state index in [-0.39, 0.29) is 0 Å². The Morgan fingerprint density at radius 3 is 2.11 bits per heavy atom. The average molecular weight is 138 g/mol. The van der Waals surface area contributed by atoms with Gasteiger partial charge in [-0.1, -0.05) is 0 Å². The number of halogens is 2. The highest BCUT2D eigenvalue weighted by molar-refractivity contribution is 5.72. The van der Waals surface area contributed by atoms with E-state index in [1.165, 1.54) is 0 Å². The zero-order chi connectivity index (χ0) is 7.28. The van der Waals surface area contributed by atoms with E-state index in [1.807, 2.05) is 0 Å². The van der Waals surface area contributed by atoms with Gasteiger partial charge in [-0.15, -0.1) is 0 Å². The normalized spacial score (nSPS) is 9.78. The van der Waals surface area contributed by atoms with Gasteiger partial charge in [0.05, 0.1) is 7.11 Å². The molecule has 0 aliphatic heterocycles. The van der Waals surface area contributed by atoms with Crippen LogP contribution in [-0.2, 0) is 9.53 Å². The molecule has 0 atom stereocenters. The molecule has 54 valence electrons. The van der Waals surface area contributed by atoms with E-state index < -0.39 is 25.2 Å². The smallest absolute Gasteiger partial charge is 0.314 e. The zero-order valence-electron chi connectivity index (χ0n) is 5.06. The molecule has 0 unspecified atom stereocenters. The lowest BCUT2D eigenvalue weighted by molar-refractivity contribution is -0.146. The number of rotatable bonds is 3. The van der Waals surface area contributed by atoms with Gasteiger partial charge in [-0.3, -0.25) is 13.6 Å². The molecule has 0 N–H and O–H groups in total. The van der Waals surface area contributed by atoms with Crippen LogP contribution in [0.1, 0.15) is 0 Å². The van der Waals surface area contributed by atoms with Crippen LogP contribution in [0.3, 0.4) is 0 Å². The van der Waals surface area contributed by atoms with Crippen LogP contribution in [-0.4, -0.2) is 26.4 Å². The number of hydrogen-bond acceptors (Lipinski definition) is 2. The van der Waals surface area contributed by atoms with Crippen molar-refractivity contribution in [1.82, 2.24) is 0 Å². The molecule has 0 aromatic rings. The SMILES string of the molecule is COC(=O)C(CF)CF. The van der Waals surface area contributed by atoms with Gasteiger partial charge in [0.15, 0.2) is 0 Å². The predicted molar refractivity (Wildman–Crippen MR) is 27.5 cm³/mol. The second kappa shape index (κ2) is 4.23. The molecule has 0 aliphatic carbocycles. The first-order chi connectivity index (χ1) is 4.26. The molecule has 0 radical (unpaired) electrons. The van der Waals surface area contributed by atoms with Crippen LogP contribution >= 0.6 is 0 Å². The third-order valence-electron chi connectivity index (χ3n) is 0.907. The Bertz CT molecular complexity index is 91.0. The molecule has 0 aromatic heterocycles. The Labute approximate surface area is 51.8 Å². The Hall–Kier alpha value is -0.670. The number of hydrogen-bond donors (Lipinski definition) is 0. The van der Waals surface area contributed by atoms with Crippen LogP contribution < -0.4 is 0 Å². The summed E-state index contributed by atoms with van der Waals surface area (Å²) in [6, 6.07) is 0. The third kappa shape index (κ3) is 2.39. The molecule has 0 amide bonds. The van der Waals surface area contributed by atoms with E-state index in [9.17, 15) is 13.6 Å². The van der Waals surface area contributed by atoms with Crippen molar-refractivity contribution in [2.45, 2.75) is 0 Å². The van der Waals surface area contributed by atoms with Gasteiger partial charge in [-0.25, -0.2) is 0 Å². The van der Waals surface area contributed by atoms with Gasteiger partial charge in [0.1, 0.15) is 19.3 Å². The zero-order valence-corrected chi connectivity index (χ0v) is 5.06. The molecule has 0 rings (SSSR count). The molecule has 2 nitrogen and oxygen atoms in total. The maximum Gasteiger partial charge on any atom is 0.314 e. The predicted octanol–water partition coefficient (Wildman–Crippen LogP) is 0.715. The van der Waals surface area contributed by atoms with Crippen molar-refractivity contribution in [2.75, 3.05) is 20.5 Å². The second-order valence-electron chi connectivity index (χ2n) is 1.53. The molecule has 0 heterocycles. The van der Waals surface area contributed by atoms with E-state index in [1.54, 1.807) is 0 Å². The summed E-state index contributed by atoms with van der Waals surface area (Å²) in [7, 11) is 1.10. The lowest BCUT2D eigenvalue weighted by atomic mass is 10.2. The fraction of sp³-hybridized carbons (Fsp3) is 0.800. The minimum absolute atomic E-state index is 0.833. The lowest BCUT2D eigenvalue weighted by Crippen LogP contribution is -2.19. The standard InChI is InChI=1S/C5H8F2O2/c1-9-5(8)4(2-6)3-7/h4H,2-3H2,1H3. The van der Waals surface area contributed by atoms with E-state index in [4.69, 9.17) is 0 Å². The molecule has 0 fully saturated rings. The van der Waals surface area contributed by atoms with Gasteiger partial charge in [-0.2, -0.15) is 0 Å². The summed E-state index contributed by atoms with van der Waals surface area (Å²) in [5.41, 5.74) is 0.